The predicted molar refractivity (Wildman–Crippen MR) is 259 cm³/mol. The first kappa shape index (κ1) is 57.5. The van der Waals surface area contributed by atoms with Gasteiger partial charge in [0, 0.05) is 42.8 Å². The maximum Gasteiger partial charge on any atom is 0.246 e. The molecule has 26 heteroatoms. The number of benzene rings is 1. The second-order valence-electron chi connectivity index (χ2n) is 16.3. The number of hydrogen-bond acceptors (Lipinski definition) is 16. The number of nitrogens with two attached hydrogens (primary N) is 5. The van der Waals surface area contributed by atoms with E-state index in [0.717, 1.165) is 32.8 Å². The highest BCUT2D eigenvalue weighted by molar-refractivity contribution is 8.76. The molecule has 69 heavy (non-hydrogen) atoms. The number of aryl methyl sites for hydroxylation is 1. The lowest BCUT2D eigenvalue weighted by atomic mass is 10.0. The van der Waals surface area contributed by atoms with E-state index in [0.29, 0.717) is 51.6 Å². The molecule has 0 saturated carbocycles. The average molecular weight is 1010 g/mol. The van der Waals surface area contributed by atoms with Crippen LogP contribution in [0.4, 0.5) is 0 Å². The molecule has 7 atom stereocenters. The molecule has 1 aliphatic rings. The van der Waals surface area contributed by atoms with Gasteiger partial charge in [-0.2, -0.15) is 0 Å². The van der Waals surface area contributed by atoms with Crippen LogP contribution < -0.4 is 60.6 Å². The van der Waals surface area contributed by atoms with Crippen molar-refractivity contribution in [3.05, 3.63) is 54.1 Å². The quantitative estimate of drug-likeness (QED) is 0.0240. The molecular formula is C43H68N14O10S2. The number of unbranched alkanes of at least 4 members (excludes halogenated alkanes) is 2. The molecular weight excluding hydrogens is 937 g/mol. The number of H-pyrrole nitrogens is 1. The van der Waals surface area contributed by atoms with Crippen molar-refractivity contribution in [3.8, 4) is 0 Å². The Bertz CT molecular complexity index is 1990. The minimum absolute atomic E-state index is 0.0853. The van der Waals surface area contributed by atoms with E-state index < -0.39 is 103 Å². The number of carbonyl (C=O) groups excluding carboxylic acids is 9. The summed E-state index contributed by atoms with van der Waals surface area (Å²) in [6.07, 6.45) is 6.84. The average Bonchev–Trinajstić information content (AvgIpc) is 4.05. The first-order valence-electron chi connectivity index (χ1n) is 22.8. The molecule has 1 aromatic heterocycles. The number of amides is 9. The van der Waals surface area contributed by atoms with Crippen LogP contribution >= 0.6 is 21.6 Å². The zero-order valence-corrected chi connectivity index (χ0v) is 40.2. The summed E-state index contributed by atoms with van der Waals surface area (Å²) in [5.74, 6) is -6.53. The summed E-state index contributed by atoms with van der Waals surface area (Å²) in [6, 6.07) is 1.09. The first-order chi connectivity index (χ1) is 33.1. The Kier molecular flexibility index (Phi) is 26.1. The van der Waals surface area contributed by atoms with Crippen molar-refractivity contribution < 1.29 is 48.3 Å². The normalized spacial score (nSPS) is 15.9. The number of carbonyl (C=O) groups is 9. The van der Waals surface area contributed by atoms with Crippen molar-refractivity contribution >= 4 is 74.8 Å². The fourth-order valence-electron chi connectivity index (χ4n) is 7.08. The van der Waals surface area contributed by atoms with Crippen molar-refractivity contribution in [1.29, 1.82) is 0 Å². The number of hydrogen-bond donors (Lipinski definition) is 13. The van der Waals surface area contributed by atoms with E-state index in [1.165, 1.54) is 11.2 Å². The number of aromatic amines is 1. The molecule has 18 N–H and O–H groups in total. The van der Waals surface area contributed by atoms with Crippen LogP contribution in [0.1, 0.15) is 69.0 Å². The molecule has 1 fully saturated rings. The zero-order valence-electron chi connectivity index (χ0n) is 38.5. The molecule has 1 aromatic carbocycles. The van der Waals surface area contributed by atoms with Crippen LogP contribution in [-0.4, -0.2) is 160 Å². The van der Waals surface area contributed by atoms with Crippen LogP contribution in [0.25, 0.3) is 0 Å². The molecule has 3 rings (SSSR count). The number of nitrogens with one attached hydrogen (secondary N) is 7. The van der Waals surface area contributed by atoms with Crippen molar-refractivity contribution in [3.63, 3.8) is 0 Å². The Hall–Kier alpha value is -5.80. The van der Waals surface area contributed by atoms with Gasteiger partial charge in [0.05, 0.1) is 19.5 Å². The van der Waals surface area contributed by atoms with Gasteiger partial charge in [-0.3, -0.25) is 43.2 Å². The Morgan fingerprint density at radius 3 is 1.99 bits per heavy atom. The number of imidazole rings is 1. The first-order valence-corrected chi connectivity index (χ1v) is 25.3. The fraction of sp³-hybridized carbons (Fsp3) is 0.581. The van der Waals surface area contributed by atoms with Gasteiger partial charge in [0.25, 0.3) is 0 Å². The van der Waals surface area contributed by atoms with Gasteiger partial charge in [-0.15, -0.1) is 0 Å². The van der Waals surface area contributed by atoms with Gasteiger partial charge >= 0.3 is 0 Å². The van der Waals surface area contributed by atoms with E-state index >= 15 is 0 Å². The van der Waals surface area contributed by atoms with Crippen molar-refractivity contribution in [2.45, 2.75) is 113 Å². The van der Waals surface area contributed by atoms with Crippen LogP contribution in [-0.2, 0) is 56.0 Å². The summed E-state index contributed by atoms with van der Waals surface area (Å²) >= 11 is 0. The minimum Gasteiger partial charge on any atom is -0.394 e. The van der Waals surface area contributed by atoms with E-state index in [2.05, 4.69) is 41.9 Å². The molecule has 9 amide bonds. The number of nitrogens with zero attached hydrogens (tertiary/aromatic N) is 2. The fourth-order valence-corrected chi connectivity index (χ4v) is 9.42. The molecule has 24 nitrogen and oxygen atoms in total. The summed E-state index contributed by atoms with van der Waals surface area (Å²) < 4.78 is 0. The largest absolute Gasteiger partial charge is 0.394 e. The van der Waals surface area contributed by atoms with E-state index in [9.17, 15) is 48.3 Å². The Balaban J connectivity index is 1.68. The molecule has 0 radical (unpaired) electrons. The smallest absolute Gasteiger partial charge is 0.246 e. The molecule has 1 saturated heterocycles. The summed E-state index contributed by atoms with van der Waals surface area (Å²) in [4.78, 5) is 126. The van der Waals surface area contributed by atoms with E-state index in [1.54, 1.807) is 6.20 Å². The lowest BCUT2D eigenvalue weighted by molar-refractivity contribution is -0.142. The predicted octanol–water partition coefficient (Wildman–Crippen LogP) is -3.95. The van der Waals surface area contributed by atoms with Gasteiger partial charge in [0.2, 0.25) is 53.2 Å². The van der Waals surface area contributed by atoms with Gasteiger partial charge in [-0.1, -0.05) is 51.9 Å². The molecule has 382 valence electrons. The highest BCUT2D eigenvalue weighted by Gasteiger charge is 2.39. The number of aromatic nitrogens is 2. The topological polar surface area (TPSA) is 408 Å². The summed E-state index contributed by atoms with van der Waals surface area (Å²) in [5.41, 5.74) is 29.6. The van der Waals surface area contributed by atoms with Crippen LogP contribution in [0.15, 0.2) is 42.9 Å². The highest BCUT2D eigenvalue weighted by atomic mass is 33.1. The summed E-state index contributed by atoms with van der Waals surface area (Å²) in [5, 5.41) is 24.7. The molecule has 2 heterocycles. The van der Waals surface area contributed by atoms with Gasteiger partial charge < -0.3 is 75.6 Å². The third-order valence-electron chi connectivity index (χ3n) is 10.9. The minimum atomic E-state index is -1.32. The van der Waals surface area contributed by atoms with Gasteiger partial charge in [-0.25, -0.2) is 4.98 Å². The second-order valence-corrected chi connectivity index (χ2v) is 18.9. The molecule has 2 unspecified atom stereocenters. The number of primary amides is 2. The Labute approximate surface area is 408 Å². The van der Waals surface area contributed by atoms with Crippen molar-refractivity contribution in [2.75, 3.05) is 44.3 Å². The van der Waals surface area contributed by atoms with Crippen molar-refractivity contribution in [1.82, 2.24) is 46.8 Å². The van der Waals surface area contributed by atoms with Crippen LogP contribution in [0.5, 0.6) is 0 Å². The molecule has 2 aromatic rings. The van der Waals surface area contributed by atoms with Crippen molar-refractivity contribution in [2.24, 2.45) is 28.7 Å². The highest BCUT2D eigenvalue weighted by Crippen LogP contribution is 2.25. The van der Waals surface area contributed by atoms with Crippen LogP contribution in [0, 0.1) is 0 Å². The second kappa shape index (κ2) is 31.4. The zero-order chi connectivity index (χ0) is 50.7. The number of likely N-dealkylation sites (tertiary alicyclic amines) is 1. The SMILES string of the molecule is NCCCCC(NC(=O)[C@@H](CSSCC(NC(=O)[C@@H]1CCCN1C(=O)[C@H](Cc1ccccc1)NC(=O)CCc1cnc[nH]1)C(N)=O)NC(=O)CNC(=O)[C@H](CCCCN)NC(=O)[C@@H](N)CO)C(N)=O. The maximum atomic E-state index is 14.1. The van der Waals surface area contributed by atoms with E-state index in [1.807, 2.05) is 30.3 Å². The summed E-state index contributed by atoms with van der Waals surface area (Å²) in [6.45, 7) is -0.393. The molecule has 0 spiro atoms. The van der Waals surface area contributed by atoms with E-state index in [-0.39, 0.29) is 56.1 Å². The maximum absolute atomic E-state index is 14.1. The number of rotatable bonds is 33. The van der Waals surface area contributed by atoms with Crippen LogP contribution in [0.2, 0.25) is 0 Å². The standard InChI is InChI=1S/C43H68N14O10S2/c44-16-6-4-11-29(37(47)61)54-41(65)33(53-36(60)21-50-40(64)30(12-5-7-17-45)55-39(63)28(46)22-58)24-69-68-23-32(38(48)62)56-42(66)34-13-8-18-57(34)43(67)31(19-26-9-2-1-3-10-26)52-35(59)15-14-27-20-49-25-51-27/h1-3,9-10,20,25,28-34,58H,4-8,11-19,21-24,44-46H2,(H2,47,61)(H2,48,62)(H,49,51)(H,50,64)(H,52,59)(H,53,60)(H,54,65)(H,55,63)(H,56,66)/t28-,29?,30-,31-,32?,33+,34-/m0/s1. The number of aliphatic hydroxyl groups excluding tert-OH is 1. The van der Waals surface area contributed by atoms with E-state index in [4.69, 9.17) is 28.7 Å². The third kappa shape index (κ3) is 20.8. The molecule has 1 aliphatic heterocycles. The monoisotopic (exact) mass is 1000 g/mol. The third-order valence-corrected chi connectivity index (χ3v) is 13.4. The lowest BCUT2D eigenvalue weighted by Crippen LogP contribution is -2.56. The van der Waals surface area contributed by atoms with Gasteiger partial charge in [0.15, 0.2) is 0 Å². The molecule has 0 aliphatic carbocycles. The molecule has 0 bridgehead atoms. The lowest BCUT2D eigenvalue weighted by Gasteiger charge is -2.29. The van der Waals surface area contributed by atoms with Crippen LogP contribution in [0.3, 0.4) is 0 Å². The number of aliphatic hydroxyl groups is 1. The Morgan fingerprint density at radius 2 is 1.38 bits per heavy atom. The van der Waals surface area contributed by atoms with Gasteiger partial charge in [0.1, 0.15) is 42.3 Å². The Morgan fingerprint density at radius 1 is 0.754 bits per heavy atom. The van der Waals surface area contributed by atoms with Gasteiger partial charge in [-0.05, 0) is 76.4 Å². The summed E-state index contributed by atoms with van der Waals surface area (Å²) in [7, 11) is 2.06.